The molecule has 0 aliphatic heterocycles. The number of aromatic nitrogens is 3. The molecular weight excluding hydrogens is 294 g/mol. The van der Waals surface area contributed by atoms with Crippen molar-refractivity contribution >= 4 is 11.8 Å². The molecule has 0 atom stereocenters. The molecule has 0 saturated heterocycles. The third-order valence-corrected chi connectivity index (χ3v) is 3.66. The van der Waals surface area contributed by atoms with Gasteiger partial charge in [-0.2, -0.15) is 5.10 Å². The molecule has 2 heterocycles. The van der Waals surface area contributed by atoms with Gasteiger partial charge in [0.05, 0.1) is 12.3 Å². The van der Waals surface area contributed by atoms with Crippen LogP contribution in [0, 0.1) is 5.92 Å². The highest BCUT2D eigenvalue weighted by Crippen LogP contribution is 2.28. The van der Waals surface area contributed by atoms with Crippen LogP contribution < -0.4 is 10.6 Å². The Labute approximate surface area is 135 Å². The topological polar surface area (TPSA) is 81.1 Å². The van der Waals surface area contributed by atoms with Crippen molar-refractivity contribution in [1.82, 2.24) is 20.1 Å². The average Bonchev–Trinajstić information content (AvgIpc) is 3.30. The number of nitrogens with one attached hydrogen (secondary N) is 2. The fourth-order valence-corrected chi connectivity index (χ4v) is 2.24. The number of amides is 2. The number of carbonyl (C=O) groups is 1. The zero-order chi connectivity index (χ0) is 16.1. The van der Waals surface area contributed by atoms with E-state index in [0.717, 1.165) is 23.8 Å². The molecule has 7 nitrogen and oxygen atoms in total. The smallest absolute Gasteiger partial charge is 0.320 e. The second kappa shape index (κ2) is 7.23. The van der Waals surface area contributed by atoms with E-state index in [1.165, 1.54) is 12.8 Å². The molecule has 2 aromatic rings. The molecule has 1 aliphatic rings. The number of hydrogen-bond acceptors (Lipinski definition) is 4. The van der Waals surface area contributed by atoms with Crippen LogP contribution in [0.1, 0.15) is 12.8 Å². The van der Waals surface area contributed by atoms with Gasteiger partial charge in [-0.05, 0) is 30.9 Å². The summed E-state index contributed by atoms with van der Waals surface area (Å²) in [5.41, 5.74) is 1.84. The molecule has 2 aromatic heterocycles. The first kappa shape index (κ1) is 15.5. The first-order valence-electron chi connectivity index (χ1n) is 7.79. The number of urea groups is 1. The monoisotopic (exact) mass is 315 g/mol. The normalized spacial score (nSPS) is 13.8. The summed E-state index contributed by atoms with van der Waals surface area (Å²) in [6.07, 6.45) is 6.02. The van der Waals surface area contributed by atoms with Gasteiger partial charge in [-0.3, -0.25) is 15.0 Å². The Hall–Kier alpha value is -2.41. The lowest BCUT2D eigenvalue weighted by molar-refractivity contribution is 0.127. The number of ether oxygens (including phenoxy) is 1. The minimum Gasteiger partial charge on any atom is -0.379 e. The van der Waals surface area contributed by atoms with Crippen molar-refractivity contribution in [3.05, 3.63) is 30.6 Å². The van der Waals surface area contributed by atoms with Crippen LogP contribution in [0.3, 0.4) is 0 Å². The van der Waals surface area contributed by atoms with Crippen molar-refractivity contribution in [3.8, 4) is 11.3 Å². The lowest BCUT2D eigenvalue weighted by Gasteiger charge is -2.06. The Morgan fingerprint density at radius 2 is 2.35 bits per heavy atom. The molecule has 3 rings (SSSR count). The molecule has 7 heteroatoms. The number of aryl methyl sites for hydroxylation is 1. The Balaban J connectivity index is 1.46. The Bertz CT molecular complexity index is 652. The molecule has 23 heavy (non-hydrogen) atoms. The van der Waals surface area contributed by atoms with Crippen molar-refractivity contribution < 1.29 is 9.53 Å². The molecular formula is C16H21N5O2. The molecule has 0 aromatic carbocycles. The lowest BCUT2D eigenvalue weighted by Crippen LogP contribution is -2.31. The van der Waals surface area contributed by atoms with Gasteiger partial charge in [-0.25, -0.2) is 4.79 Å². The average molecular weight is 315 g/mol. The van der Waals surface area contributed by atoms with Crippen LogP contribution in [-0.4, -0.2) is 40.6 Å². The van der Waals surface area contributed by atoms with E-state index >= 15 is 0 Å². The third-order valence-electron chi connectivity index (χ3n) is 3.66. The number of carbonyl (C=O) groups excluding carboxylic acids is 1. The maximum atomic E-state index is 11.8. The Morgan fingerprint density at radius 1 is 1.48 bits per heavy atom. The zero-order valence-electron chi connectivity index (χ0n) is 13.2. The minimum atomic E-state index is -0.282. The summed E-state index contributed by atoms with van der Waals surface area (Å²) in [5.74, 6) is 1.24. The number of anilines is 1. The summed E-state index contributed by atoms with van der Waals surface area (Å²) < 4.78 is 7.18. The van der Waals surface area contributed by atoms with E-state index in [1.54, 1.807) is 17.1 Å². The fourth-order valence-electron chi connectivity index (χ4n) is 2.24. The summed E-state index contributed by atoms with van der Waals surface area (Å²) in [7, 11) is 1.83. The van der Waals surface area contributed by atoms with Gasteiger partial charge < -0.3 is 10.1 Å². The van der Waals surface area contributed by atoms with Crippen molar-refractivity contribution in [2.24, 2.45) is 13.0 Å². The van der Waals surface area contributed by atoms with Gasteiger partial charge in [-0.15, -0.1) is 0 Å². The van der Waals surface area contributed by atoms with Gasteiger partial charge in [-0.1, -0.05) is 0 Å². The first-order valence-corrected chi connectivity index (χ1v) is 7.79. The van der Waals surface area contributed by atoms with E-state index < -0.39 is 0 Å². The molecule has 122 valence electrons. The Morgan fingerprint density at radius 3 is 3.09 bits per heavy atom. The van der Waals surface area contributed by atoms with Crippen molar-refractivity contribution in [1.29, 1.82) is 0 Å². The number of nitrogens with zero attached hydrogens (tertiary/aromatic N) is 3. The van der Waals surface area contributed by atoms with Gasteiger partial charge in [0.25, 0.3) is 0 Å². The molecule has 1 saturated carbocycles. The minimum absolute atomic E-state index is 0.282. The van der Waals surface area contributed by atoms with Gasteiger partial charge in [0, 0.05) is 44.2 Å². The van der Waals surface area contributed by atoms with Crippen LogP contribution in [0.4, 0.5) is 10.6 Å². The molecule has 2 N–H and O–H groups in total. The molecule has 1 aliphatic carbocycles. The van der Waals surface area contributed by atoms with E-state index in [1.807, 2.05) is 25.2 Å². The van der Waals surface area contributed by atoms with Crippen molar-refractivity contribution in [2.45, 2.75) is 12.8 Å². The fraction of sp³-hybridized carbons (Fsp3) is 0.438. The van der Waals surface area contributed by atoms with E-state index in [9.17, 15) is 4.79 Å². The summed E-state index contributed by atoms with van der Waals surface area (Å²) in [4.78, 5) is 15.9. The Kier molecular flexibility index (Phi) is 4.87. The molecule has 0 radical (unpaired) electrons. The molecule has 1 fully saturated rings. The highest BCUT2D eigenvalue weighted by Gasteiger charge is 2.20. The van der Waals surface area contributed by atoms with Gasteiger partial charge in [0.15, 0.2) is 5.82 Å². The highest BCUT2D eigenvalue weighted by atomic mass is 16.5. The number of hydrogen-bond donors (Lipinski definition) is 2. The van der Waals surface area contributed by atoms with Crippen LogP contribution >= 0.6 is 0 Å². The van der Waals surface area contributed by atoms with Gasteiger partial charge in [0.2, 0.25) is 0 Å². The molecule has 0 spiro atoms. The first-order chi connectivity index (χ1) is 11.2. The number of rotatable bonds is 7. The van der Waals surface area contributed by atoms with Crippen LogP contribution in [0.5, 0.6) is 0 Å². The molecule has 0 unspecified atom stereocenters. The lowest BCUT2D eigenvalue weighted by atomic mass is 10.2. The van der Waals surface area contributed by atoms with Gasteiger partial charge >= 0.3 is 6.03 Å². The number of pyridine rings is 1. The van der Waals surface area contributed by atoms with Crippen molar-refractivity contribution in [3.63, 3.8) is 0 Å². The summed E-state index contributed by atoms with van der Waals surface area (Å²) >= 11 is 0. The maximum Gasteiger partial charge on any atom is 0.320 e. The summed E-state index contributed by atoms with van der Waals surface area (Å²) in [6.45, 7) is 1.83. The van der Waals surface area contributed by atoms with E-state index in [4.69, 9.17) is 4.74 Å². The molecule has 0 bridgehead atoms. The second-order valence-electron chi connectivity index (χ2n) is 5.68. The SMILES string of the molecule is Cn1nc(NC(=O)NCCOCC2CC2)cc1-c1cccnc1. The van der Waals surface area contributed by atoms with Crippen LogP contribution in [0.15, 0.2) is 30.6 Å². The maximum absolute atomic E-state index is 11.8. The van der Waals surface area contributed by atoms with E-state index in [2.05, 4.69) is 20.7 Å². The van der Waals surface area contributed by atoms with E-state index in [0.29, 0.717) is 19.0 Å². The van der Waals surface area contributed by atoms with E-state index in [-0.39, 0.29) is 6.03 Å². The quantitative estimate of drug-likeness (QED) is 0.766. The zero-order valence-corrected chi connectivity index (χ0v) is 13.2. The summed E-state index contributed by atoms with van der Waals surface area (Å²) in [6, 6.07) is 5.35. The predicted molar refractivity (Wildman–Crippen MR) is 87.0 cm³/mol. The van der Waals surface area contributed by atoms with Crippen LogP contribution in [0.25, 0.3) is 11.3 Å². The van der Waals surface area contributed by atoms with Crippen LogP contribution in [-0.2, 0) is 11.8 Å². The summed E-state index contributed by atoms with van der Waals surface area (Å²) in [5, 5.41) is 9.77. The van der Waals surface area contributed by atoms with Crippen LogP contribution in [0.2, 0.25) is 0 Å². The second-order valence-corrected chi connectivity index (χ2v) is 5.68. The predicted octanol–water partition coefficient (Wildman–Crippen LogP) is 2.03. The van der Waals surface area contributed by atoms with Crippen molar-refractivity contribution in [2.75, 3.05) is 25.1 Å². The molecule has 2 amide bonds. The standard InChI is InChI=1S/C16H21N5O2/c1-21-14(13-3-2-6-17-10-13)9-15(20-21)19-16(22)18-7-8-23-11-12-4-5-12/h2-3,6,9-10,12H,4-5,7-8,11H2,1H3,(H2,18,19,20,22). The largest absolute Gasteiger partial charge is 0.379 e. The highest BCUT2D eigenvalue weighted by molar-refractivity contribution is 5.88. The van der Waals surface area contributed by atoms with Gasteiger partial charge in [0.1, 0.15) is 0 Å². The third kappa shape index (κ3) is 4.53.